The standard InChI is InChI=1S/C14H21N5O2/c1-6-15-13-12(20-5)14(17-7-16-13)18-8(2)11-9(3)19-21-10(11)4/h7-8H,6H2,1-5H3,(H2,15,16,17,18). The van der Waals surface area contributed by atoms with Crippen molar-refractivity contribution in [1.82, 2.24) is 15.1 Å². The molecule has 0 spiro atoms. The van der Waals surface area contributed by atoms with E-state index in [0.29, 0.717) is 17.4 Å². The molecule has 0 amide bonds. The molecule has 7 nitrogen and oxygen atoms in total. The molecule has 1 atom stereocenters. The van der Waals surface area contributed by atoms with Gasteiger partial charge in [0.05, 0.1) is 18.8 Å². The first-order valence-electron chi connectivity index (χ1n) is 6.90. The van der Waals surface area contributed by atoms with Crippen LogP contribution in [0.25, 0.3) is 0 Å². The van der Waals surface area contributed by atoms with Gasteiger partial charge in [0.1, 0.15) is 12.1 Å². The Balaban J connectivity index is 2.29. The fourth-order valence-corrected chi connectivity index (χ4v) is 2.35. The highest BCUT2D eigenvalue weighted by Crippen LogP contribution is 2.32. The van der Waals surface area contributed by atoms with Crippen molar-refractivity contribution in [3.8, 4) is 5.75 Å². The van der Waals surface area contributed by atoms with Crippen LogP contribution in [-0.4, -0.2) is 28.8 Å². The van der Waals surface area contributed by atoms with Crippen molar-refractivity contribution >= 4 is 11.6 Å². The first-order valence-corrected chi connectivity index (χ1v) is 6.90. The van der Waals surface area contributed by atoms with Gasteiger partial charge in [-0.15, -0.1) is 0 Å². The summed E-state index contributed by atoms with van der Waals surface area (Å²) in [5, 5.41) is 10.5. The predicted octanol–water partition coefficient (Wildman–Crippen LogP) is 2.69. The number of methoxy groups -OCH3 is 1. The number of nitrogens with zero attached hydrogens (tertiary/aromatic N) is 3. The third-order valence-electron chi connectivity index (χ3n) is 3.23. The highest BCUT2D eigenvalue weighted by Gasteiger charge is 2.19. The van der Waals surface area contributed by atoms with Gasteiger partial charge in [0.25, 0.3) is 0 Å². The van der Waals surface area contributed by atoms with Crippen LogP contribution < -0.4 is 15.4 Å². The van der Waals surface area contributed by atoms with Crippen LogP contribution in [0.4, 0.5) is 11.6 Å². The summed E-state index contributed by atoms with van der Waals surface area (Å²) in [6.07, 6.45) is 1.50. The summed E-state index contributed by atoms with van der Waals surface area (Å²) in [4.78, 5) is 8.45. The molecule has 114 valence electrons. The van der Waals surface area contributed by atoms with E-state index in [9.17, 15) is 0 Å². The summed E-state index contributed by atoms with van der Waals surface area (Å²) < 4.78 is 10.6. The number of anilines is 2. The molecule has 0 aliphatic carbocycles. The molecule has 2 N–H and O–H groups in total. The van der Waals surface area contributed by atoms with Gasteiger partial charge in [0.15, 0.2) is 11.6 Å². The van der Waals surface area contributed by atoms with Crippen LogP contribution in [0.1, 0.15) is 36.9 Å². The Hall–Kier alpha value is -2.31. The van der Waals surface area contributed by atoms with Crippen molar-refractivity contribution in [3.05, 3.63) is 23.3 Å². The first-order chi connectivity index (χ1) is 10.1. The van der Waals surface area contributed by atoms with E-state index in [1.807, 2.05) is 27.7 Å². The molecule has 0 bridgehead atoms. The Morgan fingerprint density at radius 1 is 1.29 bits per heavy atom. The Morgan fingerprint density at radius 3 is 2.57 bits per heavy atom. The van der Waals surface area contributed by atoms with Gasteiger partial charge in [-0.2, -0.15) is 0 Å². The molecule has 2 heterocycles. The van der Waals surface area contributed by atoms with Crippen molar-refractivity contribution in [2.45, 2.75) is 33.7 Å². The fraction of sp³-hybridized carbons (Fsp3) is 0.500. The van der Waals surface area contributed by atoms with Crippen molar-refractivity contribution in [2.24, 2.45) is 0 Å². The van der Waals surface area contributed by atoms with E-state index in [4.69, 9.17) is 9.26 Å². The molecule has 0 aromatic carbocycles. The molecule has 2 aromatic rings. The summed E-state index contributed by atoms with van der Waals surface area (Å²) in [5.41, 5.74) is 1.90. The monoisotopic (exact) mass is 291 g/mol. The molecule has 0 radical (unpaired) electrons. The van der Waals surface area contributed by atoms with E-state index in [1.54, 1.807) is 7.11 Å². The number of nitrogens with one attached hydrogen (secondary N) is 2. The lowest BCUT2D eigenvalue weighted by molar-refractivity contribution is 0.391. The molecule has 0 saturated carbocycles. The minimum Gasteiger partial charge on any atom is -0.490 e. The number of aromatic nitrogens is 3. The average molecular weight is 291 g/mol. The van der Waals surface area contributed by atoms with E-state index in [0.717, 1.165) is 23.6 Å². The second kappa shape index (κ2) is 6.43. The molecule has 0 saturated heterocycles. The topological polar surface area (TPSA) is 85.1 Å². The van der Waals surface area contributed by atoms with Crippen molar-refractivity contribution in [3.63, 3.8) is 0 Å². The highest BCUT2D eigenvalue weighted by atomic mass is 16.5. The van der Waals surface area contributed by atoms with Gasteiger partial charge in [-0.1, -0.05) is 5.16 Å². The second-order valence-electron chi connectivity index (χ2n) is 4.74. The lowest BCUT2D eigenvalue weighted by atomic mass is 10.1. The highest BCUT2D eigenvalue weighted by molar-refractivity contribution is 5.64. The molecule has 2 aromatic heterocycles. The minimum atomic E-state index is -0.00507. The summed E-state index contributed by atoms with van der Waals surface area (Å²) in [6, 6.07) is -0.00507. The maximum atomic E-state index is 5.42. The van der Waals surface area contributed by atoms with Crippen LogP contribution in [0.3, 0.4) is 0 Å². The van der Waals surface area contributed by atoms with Crippen LogP contribution in [0.5, 0.6) is 5.75 Å². The van der Waals surface area contributed by atoms with E-state index >= 15 is 0 Å². The third kappa shape index (κ3) is 3.07. The molecular formula is C14H21N5O2. The summed E-state index contributed by atoms with van der Waals surface area (Å²) >= 11 is 0. The Labute approximate surface area is 124 Å². The smallest absolute Gasteiger partial charge is 0.204 e. The molecule has 0 fully saturated rings. The summed E-state index contributed by atoms with van der Waals surface area (Å²) in [5.74, 6) is 2.70. The zero-order chi connectivity index (χ0) is 15.4. The molecular weight excluding hydrogens is 270 g/mol. The summed E-state index contributed by atoms with van der Waals surface area (Å²) in [6.45, 7) is 8.61. The Morgan fingerprint density at radius 2 is 2.00 bits per heavy atom. The van der Waals surface area contributed by atoms with Crippen molar-refractivity contribution < 1.29 is 9.26 Å². The van der Waals surface area contributed by atoms with Gasteiger partial charge < -0.3 is 19.9 Å². The number of aryl methyl sites for hydroxylation is 2. The van der Waals surface area contributed by atoms with Gasteiger partial charge in [-0.3, -0.25) is 0 Å². The van der Waals surface area contributed by atoms with Gasteiger partial charge in [0, 0.05) is 12.1 Å². The van der Waals surface area contributed by atoms with Crippen LogP contribution in [-0.2, 0) is 0 Å². The number of hydrogen-bond acceptors (Lipinski definition) is 7. The number of rotatable bonds is 6. The zero-order valence-electron chi connectivity index (χ0n) is 13.0. The van der Waals surface area contributed by atoms with Gasteiger partial charge in [0.2, 0.25) is 5.75 Å². The van der Waals surface area contributed by atoms with E-state index < -0.39 is 0 Å². The molecule has 1 unspecified atom stereocenters. The second-order valence-corrected chi connectivity index (χ2v) is 4.74. The largest absolute Gasteiger partial charge is 0.490 e. The first kappa shape index (κ1) is 15.1. The maximum absolute atomic E-state index is 5.42. The molecule has 2 rings (SSSR count). The maximum Gasteiger partial charge on any atom is 0.204 e. The zero-order valence-corrected chi connectivity index (χ0v) is 13.0. The van der Waals surface area contributed by atoms with Crippen LogP contribution in [0, 0.1) is 13.8 Å². The molecule has 7 heteroatoms. The van der Waals surface area contributed by atoms with Gasteiger partial charge in [-0.25, -0.2) is 9.97 Å². The summed E-state index contributed by atoms with van der Waals surface area (Å²) in [7, 11) is 1.60. The van der Waals surface area contributed by atoms with E-state index in [1.165, 1.54) is 6.33 Å². The molecule has 0 aliphatic rings. The Kier molecular flexibility index (Phi) is 4.62. The van der Waals surface area contributed by atoms with Crippen molar-refractivity contribution in [1.29, 1.82) is 0 Å². The normalized spacial score (nSPS) is 12.0. The van der Waals surface area contributed by atoms with Crippen LogP contribution in [0.2, 0.25) is 0 Å². The van der Waals surface area contributed by atoms with Crippen LogP contribution in [0.15, 0.2) is 10.9 Å². The lowest BCUT2D eigenvalue weighted by Gasteiger charge is -2.18. The average Bonchev–Trinajstić information content (AvgIpc) is 2.79. The Bertz CT molecular complexity index is 592. The molecule has 0 aliphatic heterocycles. The van der Waals surface area contributed by atoms with E-state index in [2.05, 4.69) is 25.8 Å². The molecule has 21 heavy (non-hydrogen) atoms. The quantitative estimate of drug-likeness (QED) is 0.846. The van der Waals surface area contributed by atoms with Gasteiger partial charge >= 0.3 is 0 Å². The van der Waals surface area contributed by atoms with E-state index in [-0.39, 0.29) is 6.04 Å². The van der Waals surface area contributed by atoms with Crippen LogP contribution >= 0.6 is 0 Å². The fourth-order valence-electron chi connectivity index (χ4n) is 2.35. The van der Waals surface area contributed by atoms with Gasteiger partial charge in [-0.05, 0) is 27.7 Å². The lowest BCUT2D eigenvalue weighted by Crippen LogP contribution is -2.12. The number of hydrogen-bond donors (Lipinski definition) is 2. The minimum absolute atomic E-state index is 0.00507. The third-order valence-corrected chi connectivity index (χ3v) is 3.23. The van der Waals surface area contributed by atoms with Crippen molar-refractivity contribution in [2.75, 3.05) is 24.3 Å². The SMILES string of the molecule is CCNc1ncnc(NC(C)c2c(C)noc2C)c1OC. The number of ether oxygens (including phenoxy) is 1. The predicted molar refractivity (Wildman–Crippen MR) is 80.8 cm³/mol.